The zero-order valence-corrected chi connectivity index (χ0v) is 13.1. The van der Waals surface area contributed by atoms with Gasteiger partial charge in [-0.15, -0.1) is 0 Å². The molecule has 1 saturated carbocycles. The van der Waals surface area contributed by atoms with Gasteiger partial charge in [-0.2, -0.15) is 0 Å². The Morgan fingerprint density at radius 2 is 1.78 bits per heavy atom. The van der Waals surface area contributed by atoms with Gasteiger partial charge in [-0.1, -0.05) is 25.3 Å². The molecule has 1 aromatic carbocycles. The minimum Gasteiger partial charge on any atom is -0.334 e. The number of amides is 4. The summed E-state index contributed by atoms with van der Waals surface area (Å²) in [6, 6.07) is 6.23. The summed E-state index contributed by atoms with van der Waals surface area (Å²) in [6.45, 7) is 1.39. The Kier molecular flexibility index (Phi) is 5.96. The van der Waals surface area contributed by atoms with E-state index >= 15 is 0 Å². The number of urea groups is 1. The van der Waals surface area contributed by atoms with Crippen molar-refractivity contribution in [2.24, 2.45) is 0 Å². The van der Waals surface area contributed by atoms with Crippen LogP contribution >= 0.6 is 0 Å². The van der Waals surface area contributed by atoms with E-state index < -0.39 is 11.9 Å². The van der Waals surface area contributed by atoms with Gasteiger partial charge in [0.15, 0.2) is 0 Å². The molecular formula is C16H22N4O3. The average Bonchev–Trinajstić information content (AvgIpc) is 2.53. The van der Waals surface area contributed by atoms with Gasteiger partial charge in [-0.3, -0.25) is 15.0 Å². The van der Waals surface area contributed by atoms with Crippen LogP contribution in [0.2, 0.25) is 0 Å². The first kappa shape index (κ1) is 16.8. The Labute approximate surface area is 135 Å². The molecule has 0 radical (unpaired) electrons. The molecule has 4 amide bonds. The number of carbonyl (C=O) groups is 3. The molecule has 2 rings (SSSR count). The first-order valence-electron chi connectivity index (χ1n) is 7.79. The SMILES string of the molecule is CC(=O)Nc1cccc(C(=O)NNC(=O)NC2CCCCC2)c1. The van der Waals surface area contributed by atoms with Crippen molar-refractivity contribution in [2.45, 2.75) is 45.1 Å². The second-order valence-corrected chi connectivity index (χ2v) is 5.65. The van der Waals surface area contributed by atoms with Gasteiger partial charge in [0.2, 0.25) is 5.91 Å². The molecule has 4 N–H and O–H groups in total. The molecule has 1 aliphatic rings. The van der Waals surface area contributed by atoms with Crippen molar-refractivity contribution in [1.29, 1.82) is 0 Å². The van der Waals surface area contributed by atoms with Crippen molar-refractivity contribution in [3.8, 4) is 0 Å². The molecule has 1 fully saturated rings. The van der Waals surface area contributed by atoms with Crippen LogP contribution in [0.25, 0.3) is 0 Å². The third kappa shape index (κ3) is 5.61. The molecule has 0 saturated heterocycles. The standard InChI is InChI=1S/C16H22N4O3/c1-11(21)17-14-9-5-6-12(10-14)15(22)19-20-16(23)18-13-7-3-2-4-8-13/h5-6,9-10,13H,2-4,7-8H2,1H3,(H,17,21)(H,19,22)(H2,18,20,23). The number of hydrazine groups is 1. The summed E-state index contributed by atoms with van der Waals surface area (Å²) < 4.78 is 0. The second-order valence-electron chi connectivity index (χ2n) is 5.65. The lowest BCUT2D eigenvalue weighted by Gasteiger charge is -2.22. The highest BCUT2D eigenvalue weighted by atomic mass is 16.2. The maximum atomic E-state index is 12.0. The molecule has 0 heterocycles. The van der Waals surface area contributed by atoms with Gasteiger partial charge in [0.05, 0.1) is 0 Å². The summed E-state index contributed by atoms with van der Waals surface area (Å²) in [4.78, 5) is 34.8. The lowest BCUT2D eigenvalue weighted by Crippen LogP contribution is -2.50. The fourth-order valence-electron chi connectivity index (χ4n) is 2.60. The highest BCUT2D eigenvalue weighted by molar-refractivity contribution is 5.97. The van der Waals surface area contributed by atoms with Crippen molar-refractivity contribution in [2.75, 3.05) is 5.32 Å². The molecule has 0 bridgehead atoms. The Bertz CT molecular complexity index is 582. The molecule has 0 unspecified atom stereocenters. The number of carbonyl (C=O) groups excluding carboxylic acids is 3. The topological polar surface area (TPSA) is 99.3 Å². The van der Waals surface area contributed by atoms with Crippen molar-refractivity contribution in [3.63, 3.8) is 0 Å². The van der Waals surface area contributed by atoms with Crippen LogP contribution in [0.5, 0.6) is 0 Å². The largest absolute Gasteiger partial charge is 0.334 e. The molecule has 7 heteroatoms. The van der Waals surface area contributed by atoms with E-state index in [-0.39, 0.29) is 11.9 Å². The first-order chi connectivity index (χ1) is 11.0. The maximum absolute atomic E-state index is 12.0. The van der Waals surface area contributed by atoms with E-state index in [1.165, 1.54) is 19.4 Å². The lowest BCUT2D eigenvalue weighted by molar-refractivity contribution is -0.114. The minimum atomic E-state index is -0.448. The van der Waals surface area contributed by atoms with Crippen molar-refractivity contribution < 1.29 is 14.4 Å². The van der Waals surface area contributed by atoms with E-state index in [1.807, 2.05) is 0 Å². The zero-order valence-electron chi connectivity index (χ0n) is 13.1. The van der Waals surface area contributed by atoms with Crippen LogP contribution in [-0.4, -0.2) is 23.9 Å². The zero-order chi connectivity index (χ0) is 16.7. The second kappa shape index (κ2) is 8.17. The molecule has 1 aliphatic carbocycles. The van der Waals surface area contributed by atoms with E-state index in [0.717, 1.165) is 25.7 Å². The summed E-state index contributed by atoms with van der Waals surface area (Å²) in [7, 11) is 0. The van der Waals surface area contributed by atoms with Crippen LogP contribution in [0.3, 0.4) is 0 Å². The van der Waals surface area contributed by atoms with E-state index in [9.17, 15) is 14.4 Å². The van der Waals surface area contributed by atoms with Crippen LogP contribution in [0.15, 0.2) is 24.3 Å². The Balaban J connectivity index is 1.81. The Hall–Kier alpha value is -2.57. The van der Waals surface area contributed by atoms with Crippen molar-refractivity contribution in [3.05, 3.63) is 29.8 Å². The lowest BCUT2D eigenvalue weighted by atomic mass is 9.96. The molecular weight excluding hydrogens is 296 g/mol. The smallest absolute Gasteiger partial charge is 0.333 e. The summed E-state index contributed by atoms with van der Waals surface area (Å²) >= 11 is 0. The van der Waals surface area contributed by atoms with E-state index in [4.69, 9.17) is 0 Å². The van der Waals surface area contributed by atoms with Gasteiger partial charge in [-0.25, -0.2) is 10.2 Å². The quantitative estimate of drug-likeness (QED) is 0.641. The van der Waals surface area contributed by atoms with Crippen LogP contribution in [0.4, 0.5) is 10.5 Å². The third-order valence-corrected chi connectivity index (χ3v) is 3.68. The summed E-state index contributed by atoms with van der Waals surface area (Å²) in [6.07, 6.45) is 5.39. The van der Waals surface area contributed by atoms with Crippen LogP contribution in [0, 0.1) is 0 Å². The molecule has 23 heavy (non-hydrogen) atoms. The van der Waals surface area contributed by atoms with Gasteiger partial charge >= 0.3 is 6.03 Å². The molecule has 0 atom stereocenters. The molecule has 124 valence electrons. The van der Waals surface area contributed by atoms with Crippen molar-refractivity contribution in [1.82, 2.24) is 16.2 Å². The first-order valence-corrected chi connectivity index (χ1v) is 7.79. The number of anilines is 1. The van der Waals surface area contributed by atoms with Gasteiger partial charge in [0.1, 0.15) is 0 Å². The molecule has 0 spiro atoms. The van der Waals surface area contributed by atoms with Gasteiger partial charge in [-0.05, 0) is 31.0 Å². The summed E-state index contributed by atoms with van der Waals surface area (Å²) in [5, 5.41) is 5.44. The predicted molar refractivity (Wildman–Crippen MR) is 86.8 cm³/mol. The van der Waals surface area contributed by atoms with Crippen LogP contribution in [0.1, 0.15) is 49.4 Å². The average molecular weight is 318 g/mol. The Morgan fingerprint density at radius 3 is 2.48 bits per heavy atom. The Morgan fingerprint density at radius 1 is 1.04 bits per heavy atom. The van der Waals surface area contributed by atoms with Gasteiger partial charge < -0.3 is 10.6 Å². The molecule has 0 aliphatic heterocycles. The normalized spacial score (nSPS) is 14.7. The highest BCUT2D eigenvalue weighted by Gasteiger charge is 2.16. The highest BCUT2D eigenvalue weighted by Crippen LogP contribution is 2.17. The van der Waals surface area contributed by atoms with Gasteiger partial charge in [0.25, 0.3) is 5.91 Å². The van der Waals surface area contributed by atoms with E-state index in [2.05, 4.69) is 21.5 Å². The number of hydrogen-bond donors (Lipinski definition) is 4. The fraction of sp³-hybridized carbons (Fsp3) is 0.438. The summed E-state index contributed by atoms with van der Waals surface area (Å²) in [5.74, 6) is -0.663. The van der Waals surface area contributed by atoms with Crippen LogP contribution < -0.4 is 21.5 Å². The third-order valence-electron chi connectivity index (χ3n) is 3.68. The molecule has 7 nitrogen and oxygen atoms in total. The maximum Gasteiger partial charge on any atom is 0.333 e. The monoisotopic (exact) mass is 318 g/mol. The molecule has 1 aromatic rings. The van der Waals surface area contributed by atoms with Crippen molar-refractivity contribution >= 4 is 23.5 Å². The number of benzene rings is 1. The van der Waals surface area contributed by atoms with E-state index in [0.29, 0.717) is 11.3 Å². The number of hydrogen-bond acceptors (Lipinski definition) is 3. The number of nitrogens with one attached hydrogen (secondary N) is 4. The number of rotatable bonds is 3. The minimum absolute atomic E-state index is 0.170. The van der Waals surface area contributed by atoms with Crippen LogP contribution in [-0.2, 0) is 4.79 Å². The summed E-state index contributed by atoms with van der Waals surface area (Å²) in [5.41, 5.74) is 5.57. The molecule has 0 aromatic heterocycles. The van der Waals surface area contributed by atoms with E-state index in [1.54, 1.807) is 18.2 Å². The predicted octanol–water partition coefficient (Wildman–Crippen LogP) is 1.92. The fourth-order valence-corrected chi connectivity index (χ4v) is 2.60. The van der Waals surface area contributed by atoms with Gasteiger partial charge in [0, 0.05) is 24.2 Å².